The van der Waals surface area contributed by atoms with E-state index in [4.69, 9.17) is 11.6 Å². The first-order chi connectivity index (χ1) is 8.06. The Balaban J connectivity index is 2.17. The van der Waals surface area contributed by atoms with Gasteiger partial charge in [0.1, 0.15) is 5.82 Å². The maximum atomic E-state index is 13.2. The predicted octanol–water partition coefficient (Wildman–Crippen LogP) is 2.64. The average Bonchev–Trinajstić information content (AvgIpc) is 2.68. The number of carbonyl (C=O) groups is 1. The number of carbonyl (C=O) groups excluding carboxylic acids is 1. The van der Waals surface area contributed by atoms with E-state index >= 15 is 0 Å². The SMILES string of the molecule is Cn1cc(CC(=O)c2ccc(Cl)c(F)c2)cn1. The number of aromatic nitrogens is 2. The van der Waals surface area contributed by atoms with Crippen molar-refractivity contribution in [3.8, 4) is 0 Å². The first-order valence-corrected chi connectivity index (χ1v) is 5.40. The van der Waals surface area contributed by atoms with Gasteiger partial charge in [0.15, 0.2) is 5.78 Å². The fourth-order valence-corrected chi connectivity index (χ4v) is 1.64. The molecule has 3 nitrogen and oxygen atoms in total. The zero-order chi connectivity index (χ0) is 12.4. The molecule has 0 atom stereocenters. The van der Waals surface area contributed by atoms with Gasteiger partial charge in [-0.05, 0) is 23.8 Å². The third-order valence-corrected chi connectivity index (χ3v) is 2.67. The zero-order valence-corrected chi connectivity index (χ0v) is 9.91. The first kappa shape index (κ1) is 11.8. The van der Waals surface area contributed by atoms with Crippen molar-refractivity contribution in [2.24, 2.45) is 7.05 Å². The maximum Gasteiger partial charge on any atom is 0.167 e. The van der Waals surface area contributed by atoms with Crippen LogP contribution in [0.25, 0.3) is 0 Å². The second-order valence-electron chi connectivity index (χ2n) is 3.75. The Hall–Kier alpha value is -1.68. The van der Waals surface area contributed by atoms with Gasteiger partial charge < -0.3 is 0 Å². The van der Waals surface area contributed by atoms with Crippen molar-refractivity contribution < 1.29 is 9.18 Å². The normalized spacial score (nSPS) is 10.5. The molecule has 0 spiro atoms. The third-order valence-electron chi connectivity index (χ3n) is 2.36. The molecule has 0 amide bonds. The van der Waals surface area contributed by atoms with E-state index in [0.717, 1.165) is 11.6 Å². The molecule has 1 aromatic heterocycles. The Morgan fingerprint density at radius 3 is 2.88 bits per heavy atom. The number of rotatable bonds is 3. The molecule has 17 heavy (non-hydrogen) atoms. The second kappa shape index (κ2) is 4.67. The van der Waals surface area contributed by atoms with Crippen molar-refractivity contribution in [1.29, 1.82) is 0 Å². The molecular formula is C12H10ClFN2O. The lowest BCUT2D eigenvalue weighted by Gasteiger charge is -2.00. The highest BCUT2D eigenvalue weighted by atomic mass is 35.5. The molecule has 2 rings (SSSR count). The van der Waals surface area contributed by atoms with Crippen LogP contribution in [0.3, 0.4) is 0 Å². The van der Waals surface area contributed by atoms with Crippen LogP contribution in [0.1, 0.15) is 15.9 Å². The predicted molar refractivity (Wildman–Crippen MR) is 62.7 cm³/mol. The summed E-state index contributed by atoms with van der Waals surface area (Å²) in [6.45, 7) is 0. The molecule has 0 aliphatic rings. The molecule has 0 radical (unpaired) electrons. The van der Waals surface area contributed by atoms with Gasteiger partial charge in [0, 0.05) is 25.2 Å². The van der Waals surface area contributed by atoms with E-state index in [-0.39, 0.29) is 17.2 Å². The Kier molecular flexibility index (Phi) is 3.24. The van der Waals surface area contributed by atoms with Gasteiger partial charge in [-0.3, -0.25) is 9.48 Å². The summed E-state index contributed by atoms with van der Waals surface area (Å²) >= 11 is 5.55. The topological polar surface area (TPSA) is 34.9 Å². The summed E-state index contributed by atoms with van der Waals surface area (Å²) in [6, 6.07) is 4.05. The number of hydrogen-bond donors (Lipinski definition) is 0. The quantitative estimate of drug-likeness (QED) is 0.787. The van der Waals surface area contributed by atoms with E-state index in [1.807, 2.05) is 0 Å². The molecule has 2 aromatic rings. The van der Waals surface area contributed by atoms with Gasteiger partial charge in [-0.1, -0.05) is 11.6 Å². The lowest BCUT2D eigenvalue weighted by Crippen LogP contribution is -2.03. The molecule has 0 fully saturated rings. The van der Waals surface area contributed by atoms with E-state index in [1.165, 1.54) is 12.1 Å². The fourth-order valence-electron chi connectivity index (χ4n) is 1.52. The summed E-state index contributed by atoms with van der Waals surface area (Å²) in [7, 11) is 1.77. The molecule has 0 unspecified atom stereocenters. The Labute approximate surface area is 103 Å². The van der Waals surface area contributed by atoms with Crippen molar-refractivity contribution in [1.82, 2.24) is 9.78 Å². The van der Waals surface area contributed by atoms with Crippen LogP contribution in [0.5, 0.6) is 0 Å². The highest BCUT2D eigenvalue weighted by Gasteiger charge is 2.10. The Morgan fingerprint density at radius 2 is 2.29 bits per heavy atom. The van der Waals surface area contributed by atoms with Crippen molar-refractivity contribution in [3.05, 3.63) is 52.6 Å². The molecule has 88 valence electrons. The molecule has 0 saturated carbocycles. The highest BCUT2D eigenvalue weighted by molar-refractivity contribution is 6.30. The molecule has 1 heterocycles. The number of hydrogen-bond acceptors (Lipinski definition) is 2. The monoisotopic (exact) mass is 252 g/mol. The van der Waals surface area contributed by atoms with E-state index in [0.29, 0.717) is 5.56 Å². The van der Waals surface area contributed by atoms with Crippen LogP contribution in [0, 0.1) is 5.82 Å². The van der Waals surface area contributed by atoms with Crippen molar-refractivity contribution in [2.45, 2.75) is 6.42 Å². The Morgan fingerprint density at radius 1 is 1.53 bits per heavy atom. The van der Waals surface area contributed by atoms with Crippen LogP contribution >= 0.6 is 11.6 Å². The van der Waals surface area contributed by atoms with Gasteiger partial charge in [0.05, 0.1) is 11.2 Å². The fraction of sp³-hybridized carbons (Fsp3) is 0.167. The molecule has 5 heteroatoms. The van der Waals surface area contributed by atoms with Crippen LogP contribution < -0.4 is 0 Å². The number of nitrogens with zero attached hydrogens (tertiary/aromatic N) is 2. The van der Waals surface area contributed by atoms with Gasteiger partial charge in [0.2, 0.25) is 0 Å². The molecule has 0 N–H and O–H groups in total. The van der Waals surface area contributed by atoms with Crippen molar-refractivity contribution in [3.63, 3.8) is 0 Å². The second-order valence-corrected chi connectivity index (χ2v) is 4.16. The minimum Gasteiger partial charge on any atom is -0.294 e. The zero-order valence-electron chi connectivity index (χ0n) is 9.15. The smallest absolute Gasteiger partial charge is 0.167 e. The lowest BCUT2D eigenvalue weighted by atomic mass is 10.1. The maximum absolute atomic E-state index is 13.2. The average molecular weight is 253 g/mol. The molecular weight excluding hydrogens is 243 g/mol. The van der Waals surface area contributed by atoms with E-state index in [1.54, 1.807) is 24.1 Å². The van der Waals surface area contributed by atoms with Gasteiger partial charge in [-0.25, -0.2) is 4.39 Å². The van der Waals surface area contributed by atoms with Crippen LogP contribution in [0.2, 0.25) is 5.02 Å². The minimum atomic E-state index is -0.580. The summed E-state index contributed by atoms with van der Waals surface area (Å²) in [6.07, 6.45) is 3.57. The van der Waals surface area contributed by atoms with Gasteiger partial charge in [0.25, 0.3) is 0 Å². The molecule has 0 saturated heterocycles. The third kappa shape index (κ3) is 2.71. The van der Waals surface area contributed by atoms with Gasteiger partial charge >= 0.3 is 0 Å². The first-order valence-electron chi connectivity index (χ1n) is 5.02. The summed E-state index contributed by atoms with van der Waals surface area (Å²) in [5.74, 6) is -0.739. The highest BCUT2D eigenvalue weighted by Crippen LogP contribution is 2.16. The number of benzene rings is 1. The number of aryl methyl sites for hydroxylation is 1. The van der Waals surface area contributed by atoms with Crippen molar-refractivity contribution >= 4 is 17.4 Å². The molecule has 1 aromatic carbocycles. The summed E-state index contributed by atoms with van der Waals surface area (Å²) in [5.41, 5.74) is 1.11. The number of ketones is 1. The van der Waals surface area contributed by atoms with Gasteiger partial charge in [-0.2, -0.15) is 5.10 Å². The Bertz CT molecular complexity index is 565. The molecule has 0 aliphatic carbocycles. The van der Waals surface area contributed by atoms with Crippen LogP contribution in [0.4, 0.5) is 4.39 Å². The summed E-state index contributed by atoms with van der Waals surface area (Å²) in [4.78, 5) is 11.8. The van der Waals surface area contributed by atoms with Crippen LogP contribution in [-0.2, 0) is 13.5 Å². The van der Waals surface area contributed by atoms with E-state index < -0.39 is 5.82 Å². The number of halogens is 2. The summed E-state index contributed by atoms with van der Waals surface area (Å²) < 4.78 is 14.8. The minimum absolute atomic E-state index is 0.0166. The van der Waals surface area contributed by atoms with E-state index in [2.05, 4.69) is 5.10 Å². The molecule has 0 aliphatic heterocycles. The van der Waals surface area contributed by atoms with Crippen LogP contribution in [0.15, 0.2) is 30.6 Å². The van der Waals surface area contributed by atoms with Gasteiger partial charge in [-0.15, -0.1) is 0 Å². The largest absolute Gasteiger partial charge is 0.294 e. The number of Topliss-reactive ketones (excluding diaryl/α,β-unsaturated/α-hetero) is 1. The summed E-state index contributed by atoms with van der Waals surface area (Å²) in [5, 5.41) is 3.98. The standard InChI is InChI=1S/C12H10ClFN2O/c1-16-7-8(6-15-16)4-12(17)9-2-3-10(13)11(14)5-9/h2-3,5-7H,4H2,1H3. The van der Waals surface area contributed by atoms with Crippen molar-refractivity contribution in [2.75, 3.05) is 0 Å². The van der Waals surface area contributed by atoms with Crippen LogP contribution in [-0.4, -0.2) is 15.6 Å². The van der Waals surface area contributed by atoms with E-state index in [9.17, 15) is 9.18 Å². The lowest BCUT2D eigenvalue weighted by molar-refractivity contribution is 0.0992. The molecule has 0 bridgehead atoms.